The lowest BCUT2D eigenvalue weighted by molar-refractivity contribution is -0.150. The number of likely N-dealkylation sites (tertiary alicyclic amines) is 1. The Bertz CT molecular complexity index is 469. The normalized spacial score (nSPS) is 23.9. The van der Waals surface area contributed by atoms with Gasteiger partial charge in [-0.25, -0.2) is 0 Å². The van der Waals surface area contributed by atoms with E-state index < -0.39 is 11.5 Å². The fourth-order valence-electron chi connectivity index (χ4n) is 3.22. The molecule has 2 heterocycles. The van der Waals surface area contributed by atoms with E-state index in [1.54, 1.807) is 0 Å². The van der Waals surface area contributed by atoms with Gasteiger partial charge in [-0.1, -0.05) is 13.3 Å². The standard InChI is InChI=1S/C14H23N3O2/c1-4-6-14(13(18)19)7-5-8-17(14)10-12-9-11(2)15-16(12)3/h9H,4-8,10H2,1-3H3,(H,18,19). The molecule has 1 unspecified atom stereocenters. The Hall–Kier alpha value is -1.36. The third-order valence-corrected chi connectivity index (χ3v) is 4.14. The van der Waals surface area contributed by atoms with Gasteiger partial charge in [0, 0.05) is 13.6 Å². The van der Waals surface area contributed by atoms with Crippen LogP contribution in [0.4, 0.5) is 0 Å². The Labute approximate surface area is 114 Å². The molecule has 1 atom stereocenters. The van der Waals surface area contributed by atoms with Gasteiger partial charge in [0.1, 0.15) is 5.54 Å². The minimum Gasteiger partial charge on any atom is -0.480 e. The fourth-order valence-corrected chi connectivity index (χ4v) is 3.22. The summed E-state index contributed by atoms with van der Waals surface area (Å²) >= 11 is 0. The molecule has 1 aromatic heterocycles. The van der Waals surface area contributed by atoms with Crippen molar-refractivity contribution in [1.29, 1.82) is 0 Å². The van der Waals surface area contributed by atoms with Gasteiger partial charge in [-0.05, 0) is 38.8 Å². The maximum absolute atomic E-state index is 11.7. The minimum atomic E-state index is -0.675. The molecule has 2 rings (SSSR count). The van der Waals surface area contributed by atoms with Crippen molar-refractivity contribution in [2.45, 2.75) is 51.6 Å². The van der Waals surface area contributed by atoms with E-state index in [-0.39, 0.29) is 0 Å². The van der Waals surface area contributed by atoms with E-state index in [0.29, 0.717) is 6.54 Å². The van der Waals surface area contributed by atoms with Crippen molar-refractivity contribution in [1.82, 2.24) is 14.7 Å². The first-order valence-corrected chi connectivity index (χ1v) is 6.97. The van der Waals surface area contributed by atoms with Gasteiger partial charge in [-0.2, -0.15) is 5.10 Å². The van der Waals surface area contributed by atoms with E-state index in [4.69, 9.17) is 0 Å². The number of carboxylic acid groups (broad SMARTS) is 1. The van der Waals surface area contributed by atoms with Crippen molar-refractivity contribution in [2.24, 2.45) is 7.05 Å². The second-order valence-corrected chi connectivity index (χ2v) is 5.51. The van der Waals surface area contributed by atoms with Crippen molar-refractivity contribution < 1.29 is 9.90 Å². The van der Waals surface area contributed by atoms with E-state index in [1.165, 1.54) is 0 Å². The van der Waals surface area contributed by atoms with Crippen molar-refractivity contribution in [3.8, 4) is 0 Å². The van der Waals surface area contributed by atoms with E-state index in [2.05, 4.69) is 16.9 Å². The molecule has 106 valence electrons. The number of aromatic nitrogens is 2. The number of aliphatic carboxylic acids is 1. The van der Waals surface area contributed by atoms with Crippen molar-refractivity contribution >= 4 is 5.97 Å². The average molecular weight is 265 g/mol. The maximum atomic E-state index is 11.7. The molecule has 0 radical (unpaired) electrons. The lowest BCUT2D eigenvalue weighted by Crippen LogP contribution is -2.50. The number of aryl methyl sites for hydroxylation is 2. The largest absolute Gasteiger partial charge is 0.480 e. The number of nitrogens with zero attached hydrogens (tertiary/aromatic N) is 3. The summed E-state index contributed by atoms with van der Waals surface area (Å²) in [6.07, 6.45) is 3.34. The number of carbonyl (C=O) groups is 1. The maximum Gasteiger partial charge on any atom is 0.324 e. The highest BCUT2D eigenvalue weighted by Gasteiger charge is 2.46. The number of hydrogen-bond donors (Lipinski definition) is 1. The fraction of sp³-hybridized carbons (Fsp3) is 0.714. The van der Waals surface area contributed by atoms with Gasteiger partial charge in [-0.3, -0.25) is 14.4 Å². The third-order valence-electron chi connectivity index (χ3n) is 4.14. The molecule has 1 fully saturated rings. The van der Waals surface area contributed by atoms with Gasteiger partial charge >= 0.3 is 5.97 Å². The van der Waals surface area contributed by atoms with Crippen LogP contribution >= 0.6 is 0 Å². The van der Waals surface area contributed by atoms with Crippen LogP contribution in [0, 0.1) is 6.92 Å². The van der Waals surface area contributed by atoms with Gasteiger partial charge in [0.05, 0.1) is 11.4 Å². The molecule has 0 aliphatic carbocycles. The highest BCUT2D eigenvalue weighted by molar-refractivity contribution is 5.79. The molecule has 19 heavy (non-hydrogen) atoms. The minimum absolute atomic E-state index is 0.670. The van der Waals surface area contributed by atoms with Crippen LogP contribution in [0.25, 0.3) is 0 Å². The molecular weight excluding hydrogens is 242 g/mol. The first kappa shape index (κ1) is 14.1. The molecular formula is C14H23N3O2. The Kier molecular flexibility index (Phi) is 3.94. The molecule has 1 saturated heterocycles. The molecule has 0 amide bonds. The molecule has 0 saturated carbocycles. The van der Waals surface area contributed by atoms with Crippen LogP contribution in [0.5, 0.6) is 0 Å². The van der Waals surface area contributed by atoms with Gasteiger partial charge in [0.15, 0.2) is 0 Å². The molecule has 1 aliphatic heterocycles. The summed E-state index contributed by atoms with van der Waals surface area (Å²) in [7, 11) is 1.92. The van der Waals surface area contributed by atoms with E-state index in [1.807, 2.05) is 24.7 Å². The van der Waals surface area contributed by atoms with Crippen molar-refractivity contribution in [2.75, 3.05) is 6.54 Å². The Balaban J connectivity index is 2.22. The summed E-state index contributed by atoms with van der Waals surface area (Å²) in [5, 5.41) is 14.0. The molecule has 0 aromatic carbocycles. The summed E-state index contributed by atoms with van der Waals surface area (Å²) in [4.78, 5) is 13.9. The van der Waals surface area contributed by atoms with Crippen LogP contribution in [0.15, 0.2) is 6.07 Å². The highest BCUT2D eigenvalue weighted by atomic mass is 16.4. The number of hydrogen-bond acceptors (Lipinski definition) is 3. The molecule has 5 heteroatoms. The van der Waals surface area contributed by atoms with Gasteiger partial charge in [0.2, 0.25) is 0 Å². The predicted octanol–water partition coefficient (Wildman–Crippen LogP) is 1.95. The zero-order valence-corrected chi connectivity index (χ0v) is 12.0. The smallest absolute Gasteiger partial charge is 0.324 e. The van der Waals surface area contributed by atoms with E-state index in [0.717, 1.165) is 43.6 Å². The first-order chi connectivity index (χ1) is 8.99. The molecule has 0 spiro atoms. The Morgan fingerprint density at radius 1 is 1.58 bits per heavy atom. The van der Waals surface area contributed by atoms with Crippen molar-refractivity contribution in [3.63, 3.8) is 0 Å². The predicted molar refractivity (Wildman–Crippen MR) is 72.9 cm³/mol. The molecule has 0 bridgehead atoms. The van der Waals surface area contributed by atoms with Crippen LogP contribution in [-0.4, -0.2) is 37.8 Å². The monoisotopic (exact) mass is 265 g/mol. The van der Waals surface area contributed by atoms with Gasteiger partial charge < -0.3 is 5.11 Å². The van der Waals surface area contributed by atoms with Crippen LogP contribution < -0.4 is 0 Å². The molecule has 1 aromatic rings. The van der Waals surface area contributed by atoms with Crippen LogP contribution in [0.2, 0.25) is 0 Å². The molecule has 1 aliphatic rings. The summed E-state index contributed by atoms with van der Waals surface area (Å²) in [5.41, 5.74) is 1.39. The summed E-state index contributed by atoms with van der Waals surface area (Å²) in [5.74, 6) is -0.675. The van der Waals surface area contributed by atoms with Gasteiger partial charge in [0.25, 0.3) is 0 Å². The SMILES string of the molecule is CCCC1(C(=O)O)CCCN1Cc1cc(C)nn1C. The van der Waals surface area contributed by atoms with Crippen LogP contribution in [0.1, 0.15) is 44.0 Å². The lowest BCUT2D eigenvalue weighted by atomic mass is 9.90. The van der Waals surface area contributed by atoms with E-state index in [9.17, 15) is 9.90 Å². The summed E-state index contributed by atoms with van der Waals surface area (Å²) in [6, 6.07) is 2.04. The van der Waals surface area contributed by atoms with Crippen LogP contribution in [-0.2, 0) is 18.4 Å². The van der Waals surface area contributed by atoms with Crippen molar-refractivity contribution in [3.05, 3.63) is 17.5 Å². The number of rotatable bonds is 5. The first-order valence-electron chi connectivity index (χ1n) is 6.97. The van der Waals surface area contributed by atoms with E-state index >= 15 is 0 Å². The Morgan fingerprint density at radius 3 is 2.84 bits per heavy atom. The highest BCUT2D eigenvalue weighted by Crippen LogP contribution is 2.35. The third kappa shape index (κ3) is 2.52. The topological polar surface area (TPSA) is 58.4 Å². The number of carboxylic acids is 1. The average Bonchev–Trinajstić information content (AvgIpc) is 2.86. The zero-order chi connectivity index (χ0) is 14.0. The van der Waals surface area contributed by atoms with Crippen LogP contribution in [0.3, 0.4) is 0 Å². The molecule has 5 nitrogen and oxygen atoms in total. The van der Waals surface area contributed by atoms with Gasteiger partial charge in [-0.15, -0.1) is 0 Å². The zero-order valence-electron chi connectivity index (χ0n) is 12.0. The second-order valence-electron chi connectivity index (χ2n) is 5.51. The molecule has 1 N–H and O–H groups in total. The summed E-state index contributed by atoms with van der Waals surface area (Å²) in [6.45, 7) is 5.54. The lowest BCUT2D eigenvalue weighted by Gasteiger charge is -2.34. The summed E-state index contributed by atoms with van der Waals surface area (Å²) < 4.78 is 1.85. The second kappa shape index (κ2) is 5.33. The Morgan fingerprint density at radius 2 is 2.32 bits per heavy atom. The quantitative estimate of drug-likeness (QED) is 0.884.